The van der Waals surface area contributed by atoms with Crippen LogP contribution >= 0.6 is 11.6 Å². The molecular formula is C22H18ClNO5. The molecule has 4 aromatic rings. The molecule has 0 spiro atoms. The van der Waals surface area contributed by atoms with Gasteiger partial charge in [-0.3, -0.25) is 4.79 Å². The number of fused-ring (bicyclic) bond motifs is 2. The highest BCUT2D eigenvalue weighted by Gasteiger charge is 2.17. The van der Waals surface area contributed by atoms with Crippen molar-refractivity contribution in [2.24, 2.45) is 0 Å². The first-order valence-corrected chi connectivity index (χ1v) is 9.34. The number of furan rings is 1. The van der Waals surface area contributed by atoms with Crippen LogP contribution in [0.4, 0.5) is 0 Å². The van der Waals surface area contributed by atoms with E-state index in [1.807, 2.05) is 26.0 Å². The third-order valence-corrected chi connectivity index (χ3v) is 5.44. The molecule has 1 amide bonds. The molecule has 4 rings (SSSR count). The average molecular weight is 412 g/mol. The van der Waals surface area contributed by atoms with E-state index in [9.17, 15) is 9.59 Å². The van der Waals surface area contributed by atoms with Crippen LogP contribution in [0.1, 0.15) is 27.2 Å². The summed E-state index contributed by atoms with van der Waals surface area (Å²) in [6.07, 6.45) is 0. The van der Waals surface area contributed by atoms with E-state index in [1.54, 1.807) is 18.2 Å². The molecule has 1 N–H and O–H groups in total. The normalized spacial score (nSPS) is 11.2. The van der Waals surface area contributed by atoms with E-state index in [4.69, 9.17) is 25.2 Å². The second-order valence-electron chi connectivity index (χ2n) is 6.77. The van der Waals surface area contributed by atoms with Crippen LogP contribution in [0.15, 0.2) is 50.0 Å². The Kier molecular flexibility index (Phi) is 4.80. The lowest BCUT2D eigenvalue weighted by Gasteiger charge is -2.11. The second kappa shape index (κ2) is 7.29. The molecule has 6 nitrogen and oxygen atoms in total. The lowest BCUT2D eigenvalue weighted by Crippen LogP contribution is -2.23. The number of carbonyl (C=O) groups is 1. The van der Waals surface area contributed by atoms with Crippen molar-refractivity contribution in [1.29, 1.82) is 0 Å². The zero-order valence-electron chi connectivity index (χ0n) is 16.1. The lowest BCUT2D eigenvalue weighted by atomic mass is 10.0. The topological polar surface area (TPSA) is 81.7 Å². The molecule has 0 fully saturated rings. The molecular weight excluding hydrogens is 394 g/mol. The van der Waals surface area contributed by atoms with E-state index >= 15 is 0 Å². The minimum absolute atomic E-state index is 0.120. The standard InChI is InChI=1S/C22H18ClNO5/c1-11-7-16-19(12(2)20(11)23)14(9-18(25)28-16)10-24-22(26)17-8-13-5-4-6-15(27-3)21(13)29-17/h4-9H,10H2,1-3H3,(H,24,26). The summed E-state index contributed by atoms with van der Waals surface area (Å²) in [6.45, 7) is 3.82. The summed E-state index contributed by atoms with van der Waals surface area (Å²) >= 11 is 6.37. The van der Waals surface area contributed by atoms with E-state index in [0.29, 0.717) is 32.9 Å². The summed E-state index contributed by atoms with van der Waals surface area (Å²) in [7, 11) is 1.54. The number of hydrogen-bond acceptors (Lipinski definition) is 5. The summed E-state index contributed by atoms with van der Waals surface area (Å²) in [5.74, 6) is 0.303. The minimum Gasteiger partial charge on any atom is -0.493 e. The second-order valence-corrected chi connectivity index (χ2v) is 7.15. The largest absolute Gasteiger partial charge is 0.493 e. The molecule has 0 atom stereocenters. The molecule has 2 aromatic heterocycles. The monoisotopic (exact) mass is 411 g/mol. The third-order valence-electron chi connectivity index (χ3n) is 4.86. The van der Waals surface area contributed by atoms with Crippen molar-refractivity contribution in [3.63, 3.8) is 0 Å². The molecule has 0 unspecified atom stereocenters. The molecule has 0 aliphatic rings. The number of methoxy groups -OCH3 is 1. The Bertz CT molecular complexity index is 1320. The van der Waals surface area contributed by atoms with Gasteiger partial charge >= 0.3 is 5.63 Å². The Morgan fingerprint density at radius 2 is 1.97 bits per heavy atom. The molecule has 148 valence electrons. The zero-order chi connectivity index (χ0) is 20.7. The van der Waals surface area contributed by atoms with Crippen molar-refractivity contribution >= 4 is 39.4 Å². The number of aryl methyl sites for hydroxylation is 2. The van der Waals surface area contributed by atoms with Crippen LogP contribution in [-0.2, 0) is 6.54 Å². The van der Waals surface area contributed by atoms with Crippen LogP contribution < -0.4 is 15.7 Å². The van der Waals surface area contributed by atoms with Gasteiger partial charge in [0.25, 0.3) is 5.91 Å². The smallest absolute Gasteiger partial charge is 0.336 e. The molecule has 29 heavy (non-hydrogen) atoms. The first-order valence-electron chi connectivity index (χ1n) is 8.96. The quantitative estimate of drug-likeness (QED) is 0.490. The van der Waals surface area contributed by atoms with E-state index in [-0.39, 0.29) is 12.3 Å². The number of nitrogens with one attached hydrogen (secondary N) is 1. The third kappa shape index (κ3) is 3.36. The Hall–Kier alpha value is -3.25. The van der Waals surface area contributed by atoms with E-state index in [1.165, 1.54) is 13.2 Å². The predicted molar refractivity (Wildman–Crippen MR) is 111 cm³/mol. The molecule has 2 aromatic carbocycles. The molecule has 0 saturated carbocycles. The lowest BCUT2D eigenvalue weighted by molar-refractivity contribution is 0.0925. The number of benzene rings is 2. The van der Waals surface area contributed by atoms with Gasteiger partial charge in [-0.2, -0.15) is 0 Å². The summed E-state index contributed by atoms with van der Waals surface area (Å²) in [5, 5.41) is 4.87. The average Bonchev–Trinajstić information content (AvgIpc) is 3.14. The number of ether oxygens (including phenoxy) is 1. The number of hydrogen-bond donors (Lipinski definition) is 1. The van der Waals surface area contributed by atoms with E-state index in [2.05, 4.69) is 5.32 Å². The first kappa shape index (κ1) is 19.1. The zero-order valence-corrected chi connectivity index (χ0v) is 16.8. The van der Waals surface area contributed by atoms with Gasteiger partial charge in [-0.25, -0.2) is 4.79 Å². The SMILES string of the molecule is COc1cccc2cc(C(=O)NCc3cc(=O)oc4cc(C)c(Cl)c(C)c34)oc12. The van der Waals surface area contributed by atoms with Gasteiger partial charge in [0, 0.05) is 28.4 Å². The molecule has 0 aliphatic carbocycles. The van der Waals surface area contributed by atoms with Crippen molar-refractivity contribution in [1.82, 2.24) is 5.32 Å². The molecule has 7 heteroatoms. The van der Waals surface area contributed by atoms with Crippen LogP contribution in [0, 0.1) is 13.8 Å². The maximum atomic E-state index is 12.6. The van der Waals surface area contributed by atoms with Crippen molar-refractivity contribution in [3.05, 3.63) is 74.3 Å². The van der Waals surface area contributed by atoms with Crippen LogP contribution in [-0.4, -0.2) is 13.0 Å². The minimum atomic E-state index is -0.489. The van der Waals surface area contributed by atoms with Crippen LogP contribution in [0.2, 0.25) is 5.02 Å². The molecule has 2 heterocycles. The Morgan fingerprint density at radius 3 is 2.72 bits per heavy atom. The Morgan fingerprint density at radius 1 is 1.17 bits per heavy atom. The van der Waals surface area contributed by atoms with Gasteiger partial charge in [-0.05, 0) is 48.7 Å². The summed E-state index contributed by atoms with van der Waals surface area (Å²) < 4.78 is 16.3. The maximum absolute atomic E-state index is 12.6. The number of para-hydroxylation sites is 1. The number of amides is 1. The maximum Gasteiger partial charge on any atom is 0.336 e. The van der Waals surface area contributed by atoms with Gasteiger partial charge in [0.15, 0.2) is 17.1 Å². The van der Waals surface area contributed by atoms with E-state index < -0.39 is 11.5 Å². The van der Waals surface area contributed by atoms with Gasteiger partial charge in [0.05, 0.1) is 7.11 Å². The highest BCUT2D eigenvalue weighted by atomic mass is 35.5. The van der Waals surface area contributed by atoms with Gasteiger partial charge in [0.1, 0.15) is 5.58 Å². The summed E-state index contributed by atoms with van der Waals surface area (Å²) in [5.41, 5.74) is 2.69. The number of carbonyl (C=O) groups excluding carboxylic acids is 1. The van der Waals surface area contributed by atoms with E-state index in [0.717, 1.165) is 16.5 Å². The Balaban J connectivity index is 1.67. The van der Waals surface area contributed by atoms with Crippen molar-refractivity contribution < 1.29 is 18.4 Å². The van der Waals surface area contributed by atoms with Crippen molar-refractivity contribution in [2.75, 3.05) is 7.11 Å². The van der Waals surface area contributed by atoms with Crippen molar-refractivity contribution in [3.8, 4) is 5.75 Å². The highest BCUT2D eigenvalue weighted by molar-refractivity contribution is 6.33. The van der Waals surface area contributed by atoms with Gasteiger partial charge in [-0.15, -0.1) is 0 Å². The van der Waals surface area contributed by atoms with Gasteiger partial charge < -0.3 is 18.9 Å². The fourth-order valence-electron chi connectivity index (χ4n) is 3.47. The predicted octanol–water partition coefficient (Wildman–Crippen LogP) is 4.75. The van der Waals surface area contributed by atoms with Crippen LogP contribution in [0.3, 0.4) is 0 Å². The molecule has 0 aliphatic heterocycles. The molecule has 0 saturated heterocycles. The van der Waals surface area contributed by atoms with Crippen LogP contribution in [0.25, 0.3) is 21.9 Å². The summed E-state index contributed by atoms with van der Waals surface area (Å²) in [4.78, 5) is 24.6. The number of halogens is 1. The fraction of sp³-hybridized carbons (Fsp3) is 0.182. The summed E-state index contributed by atoms with van der Waals surface area (Å²) in [6, 6.07) is 10.2. The Labute approximate surface area is 171 Å². The fourth-order valence-corrected chi connectivity index (χ4v) is 3.61. The van der Waals surface area contributed by atoms with Gasteiger partial charge in [0.2, 0.25) is 0 Å². The molecule has 0 radical (unpaired) electrons. The highest BCUT2D eigenvalue weighted by Crippen LogP contribution is 2.31. The van der Waals surface area contributed by atoms with Crippen LogP contribution in [0.5, 0.6) is 5.75 Å². The first-order chi connectivity index (χ1) is 13.9. The van der Waals surface area contributed by atoms with Gasteiger partial charge in [-0.1, -0.05) is 23.7 Å². The number of rotatable bonds is 4. The molecule has 0 bridgehead atoms. The van der Waals surface area contributed by atoms with Crippen molar-refractivity contribution in [2.45, 2.75) is 20.4 Å².